The van der Waals surface area contributed by atoms with Gasteiger partial charge in [-0.15, -0.1) is 0 Å². The smallest absolute Gasteiger partial charge is 0.248 e. The van der Waals surface area contributed by atoms with Gasteiger partial charge in [-0.25, -0.2) is 17.2 Å². The first-order valence-corrected chi connectivity index (χ1v) is 7.92. The number of nitrogens with zero attached hydrogens (tertiary/aromatic N) is 1. The molecular weight excluding hydrogens is 286 g/mol. The highest BCUT2D eigenvalue weighted by Crippen LogP contribution is 2.25. The molecule has 20 heavy (non-hydrogen) atoms. The maximum Gasteiger partial charge on any atom is 0.248 e. The van der Waals surface area contributed by atoms with Crippen molar-refractivity contribution in [3.05, 3.63) is 23.8 Å². The van der Waals surface area contributed by atoms with Gasteiger partial charge in [-0.2, -0.15) is 4.31 Å². The Bertz CT molecular complexity index is 553. The van der Waals surface area contributed by atoms with Crippen LogP contribution in [-0.2, 0) is 10.0 Å². The lowest BCUT2D eigenvalue weighted by Crippen LogP contribution is -2.35. The van der Waals surface area contributed by atoms with Crippen molar-refractivity contribution < 1.29 is 17.2 Å². The van der Waals surface area contributed by atoms with E-state index in [1.54, 1.807) is 6.92 Å². The van der Waals surface area contributed by atoms with Gasteiger partial charge in [0.1, 0.15) is 11.6 Å². The second-order valence-electron chi connectivity index (χ2n) is 4.78. The summed E-state index contributed by atoms with van der Waals surface area (Å²) in [5.74, 6) is -2.22. The van der Waals surface area contributed by atoms with Crippen LogP contribution in [0.2, 0.25) is 0 Å². The van der Waals surface area contributed by atoms with Gasteiger partial charge in [0.15, 0.2) is 4.90 Å². The maximum atomic E-state index is 13.8. The number of nitrogens with two attached hydrogens (primary N) is 1. The van der Waals surface area contributed by atoms with E-state index in [0.717, 1.165) is 22.9 Å². The van der Waals surface area contributed by atoms with Gasteiger partial charge in [0, 0.05) is 18.8 Å². The van der Waals surface area contributed by atoms with Gasteiger partial charge in [0.2, 0.25) is 10.0 Å². The summed E-state index contributed by atoms with van der Waals surface area (Å²) in [4.78, 5) is -0.933. The molecule has 0 fully saturated rings. The SMILES string of the molecule is CCC(C)CN(CC)S(=O)(=O)c1c(F)cc(N)cc1F. The Balaban J connectivity index is 3.28. The molecule has 0 radical (unpaired) electrons. The van der Waals surface area contributed by atoms with E-state index in [1.165, 1.54) is 0 Å². The summed E-state index contributed by atoms with van der Waals surface area (Å²) < 4.78 is 53.4. The number of nitrogen functional groups attached to an aromatic ring is 1. The van der Waals surface area contributed by atoms with Crippen molar-refractivity contribution in [3.63, 3.8) is 0 Å². The first-order chi connectivity index (χ1) is 9.23. The molecule has 1 aromatic rings. The van der Waals surface area contributed by atoms with Gasteiger partial charge in [-0.05, 0) is 18.1 Å². The molecule has 0 aromatic heterocycles. The molecule has 7 heteroatoms. The summed E-state index contributed by atoms with van der Waals surface area (Å²) >= 11 is 0. The Morgan fingerprint density at radius 2 is 1.75 bits per heavy atom. The number of hydrogen-bond donors (Lipinski definition) is 1. The Morgan fingerprint density at radius 1 is 1.25 bits per heavy atom. The van der Waals surface area contributed by atoms with Crippen molar-refractivity contribution in [2.24, 2.45) is 5.92 Å². The summed E-state index contributed by atoms with van der Waals surface area (Å²) in [6.45, 7) is 5.81. The number of benzene rings is 1. The zero-order chi connectivity index (χ0) is 15.5. The van der Waals surface area contributed by atoms with Crippen LogP contribution in [0, 0.1) is 17.6 Å². The molecule has 114 valence electrons. The fourth-order valence-electron chi connectivity index (χ4n) is 1.83. The summed E-state index contributed by atoms with van der Waals surface area (Å²) in [6.07, 6.45) is 0.777. The molecule has 1 atom stereocenters. The van der Waals surface area contributed by atoms with Gasteiger partial charge >= 0.3 is 0 Å². The van der Waals surface area contributed by atoms with Crippen molar-refractivity contribution in [1.29, 1.82) is 0 Å². The van der Waals surface area contributed by atoms with Crippen LogP contribution >= 0.6 is 0 Å². The van der Waals surface area contributed by atoms with E-state index in [9.17, 15) is 17.2 Å². The summed E-state index contributed by atoms with van der Waals surface area (Å²) in [7, 11) is -4.21. The molecule has 0 bridgehead atoms. The molecule has 2 N–H and O–H groups in total. The van der Waals surface area contributed by atoms with E-state index in [4.69, 9.17) is 5.73 Å². The Kier molecular flexibility index (Phi) is 5.47. The summed E-state index contributed by atoms with van der Waals surface area (Å²) in [5, 5.41) is 0. The van der Waals surface area contributed by atoms with Crippen LogP contribution in [0.5, 0.6) is 0 Å². The van der Waals surface area contributed by atoms with Crippen molar-refractivity contribution in [3.8, 4) is 0 Å². The largest absolute Gasteiger partial charge is 0.399 e. The molecule has 0 spiro atoms. The second kappa shape index (κ2) is 6.49. The van der Waals surface area contributed by atoms with Gasteiger partial charge in [-0.1, -0.05) is 27.2 Å². The van der Waals surface area contributed by atoms with Crippen molar-refractivity contribution in [2.75, 3.05) is 18.8 Å². The maximum absolute atomic E-state index is 13.8. The van der Waals surface area contributed by atoms with Crippen molar-refractivity contribution in [2.45, 2.75) is 32.1 Å². The van der Waals surface area contributed by atoms with Crippen LogP contribution in [0.3, 0.4) is 0 Å². The quantitative estimate of drug-likeness (QED) is 0.822. The molecular formula is C13H20F2N2O2S. The fraction of sp³-hybridized carbons (Fsp3) is 0.538. The van der Waals surface area contributed by atoms with E-state index in [-0.39, 0.29) is 24.7 Å². The summed E-state index contributed by atoms with van der Waals surface area (Å²) in [6, 6.07) is 1.63. The van der Waals surface area contributed by atoms with Crippen LogP contribution in [0.25, 0.3) is 0 Å². The Hall–Kier alpha value is -1.21. The van der Waals surface area contributed by atoms with E-state index in [1.807, 2.05) is 13.8 Å². The van der Waals surface area contributed by atoms with Crippen molar-refractivity contribution in [1.82, 2.24) is 4.31 Å². The third-order valence-electron chi connectivity index (χ3n) is 3.18. The summed E-state index contributed by atoms with van der Waals surface area (Å²) in [5.41, 5.74) is 5.14. The highest BCUT2D eigenvalue weighted by Gasteiger charge is 2.30. The monoisotopic (exact) mass is 306 g/mol. The minimum Gasteiger partial charge on any atom is -0.399 e. The average molecular weight is 306 g/mol. The van der Waals surface area contributed by atoms with Crippen LogP contribution in [-0.4, -0.2) is 25.8 Å². The van der Waals surface area contributed by atoms with Crippen LogP contribution in [0.4, 0.5) is 14.5 Å². The standard InChI is InChI=1S/C13H20F2N2O2S/c1-4-9(3)8-17(5-2)20(18,19)13-11(14)6-10(16)7-12(13)15/h6-7,9H,4-5,8,16H2,1-3H3. The minimum atomic E-state index is -4.21. The Labute approximate surface area is 118 Å². The van der Waals surface area contributed by atoms with E-state index in [0.29, 0.717) is 0 Å². The number of halogens is 2. The molecule has 1 rings (SSSR count). The zero-order valence-corrected chi connectivity index (χ0v) is 12.7. The third-order valence-corrected chi connectivity index (χ3v) is 5.18. The number of rotatable bonds is 6. The molecule has 0 saturated heterocycles. The van der Waals surface area contributed by atoms with Gasteiger partial charge in [0.25, 0.3) is 0 Å². The molecule has 0 aliphatic heterocycles. The van der Waals surface area contributed by atoms with E-state index < -0.39 is 26.6 Å². The molecule has 0 amide bonds. The van der Waals surface area contributed by atoms with Gasteiger partial charge in [-0.3, -0.25) is 0 Å². The predicted molar refractivity (Wildman–Crippen MR) is 74.7 cm³/mol. The van der Waals surface area contributed by atoms with Gasteiger partial charge in [0.05, 0.1) is 0 Å². The van der Waals surface area contributed by atoms with Crippen LogP contribution in [0.1, 0.15) is 27.2 Å². The molecule has 1 aromatic carbocycles. The third kappa shape index (κ3) is 3.46. The van der Waals surface area contributed by atoms with Crippen molar-refractivity contribution >= 4 is 15.7 Å². The lowest BCUT2D eigenvalue weighted by atomic mass is 10.1. The lowest BCUT2D eigenvalue weighted by Gasteiger charge is -2.24. The molecule has 1 unspecified atom stereocenters. The van der Waals surface area contributed by atoms with Crippen LogP contribution < -0.4 is 5.73 Å². The lowest BCUT2D eigenvalue weighted by molar-refractivity contribution is 0.357. The first-order valence-electron chi connectivity index (χ1n) is 6.48. The minimum absolute atomic E-state index is 0.102. The zero-order valence-electron chi connectivity index (χ0n) is 11.9. The fourth-order valence-corrected chi connectivity index (χ4v) is 3.49. The molecule has 4 nitrogen and oxygen atoms in total. The van der Waals surface area contributed by atoms with E-state index in [2.05, 4.69) is 0 Å². The molecule has 0 heterocycles. The number of hydrogen-bond acceptors (Lipinski definition) is 3. The highest BCUT2D eigenvalue weighted by atomic mass is 32.2. The molecule has 0 saturated carbocycles. The number of sulfonamides is 1. The average Bonchev–Trinajstić information content (AvgIpc) is 2.33. The second-order valence-corrected chi connectivity index (χ2v) is 6.66. The molecule has 0 aliphatic rings. The number of anilines is 1. The first kappa shape index (κ1) is 16.8. The van der Waals surface area contributed by atoms with E-state index >= 15 is 0 Å². The van der Waals surface area contributed by atoms with Crippen LogP contribution in [0.15, 0.2) is 17.0 Å². The molecule has 0 aliphatic carbocycles. The topological polar surface area (TPSA) is 63.4 Å². The highest BCUT2D eigenvalue weighted by molar-refractivity contribution is 7.89. The Morgan fingerprint density at radius 3 is 2.15 bits per heavy atom. The van der Waals surface area contributed by atoms with Gasteiger partial charge < -0.3 is 5.73 Å². The normalized spacial score (nSPS) is 13.7. The predicted octanol–water partition coefficient (Wildman–Crippen LogP) is 2.60.